The molecule has 0 bridgehead atoms. The second-order valence-corrected chi connectivity index (χ2v) is 7.84. The third-order valence-corrected chi connectivity index (χ3v) is 5.93. The lowest BCUT2D eigenvalue weighted by Crippen LogP contribution is -2.21. The normalized spacial score (nSPS) is 10.6. The highest BCUT2D eigenvalue weighted by molar-refractivity contribution is 7.69. The van der Waals surface area contributed by atoms with E-state index in [0.717, 1.165) is 21.5 Å². The molecule has 4 aromatic carbocycles. The molecule has 0 unspecified atom stereocenters. The first-order valence-electron chi connectivity index (χ1n) is 9.72. The molecule has 0 saturated carbocycles. The summed E-state index contributed by atoms with van der Waals surface area (Å²) in [7, 11) is -2.15. The molecule has 7 heteroatoms. The minimum atomic E-state index is -2.15. The van der Waals surface area contributed by atoms with Crippen LogP contribution in [0, 0.1) is 0 Å². The van der Waals surface area contributed by atoms with Gasteiger partial charge in [-0.25, -0.2) is 4.79 Å². The Kier molecular flexibility index (Phi) is 6.23. The Morgan fingerprint density at radius 3 is 1.77 bits per heavy atom. The number of hydrogen-bond acceptors (Lipinski definition) is 4. The average molecular weight is 430 g/mol. The fourth-order valence-electron chi connectivity index (χ4n) is 3.18. The van der Waals surface area contributed by atoms with Crippen LogP contribution in [0.5, 0.6) is 11.5 Å². The molecule has 0 amide bonds. The zero-order chi connectivity index (χ0) is 21.6. The van der Waals surface area contributed by atoms with Crippen molar-refractivity contribution < 1.29 is 23.4 Å². The van der Waals surface area contributed by atoms with Gasteiger partial charge < -0.3 is 19.3 Å². The fourth-order valence-corrected chi connectivity index (χ4v) is 4.35. The van der Waals surface area contributed by atoms with Crippen molar-refractivity contribution in [1.82, 2.24) is 0 Å². The molecular weight excluding hydrogens is 411 g/mol. The van der Waals surface area contributed by atoms with Gasteiger partial charge in [0.2, 0.25) is 0 Å². The summed E-state index contributed by atoms with van der Waals surface area (Å²) >= 11 is 0. The molecule has 0 fully saturated rings. The third kappa shape index (κ3) is 4.41. The Balaban J connectivity index is 1.77. The predicted molar refractivity (Wildman–Crippen MR) is 121 cm³/mol. The summed E-state index contributed by atoms with van der Waals surface area (Å²) in [6.45, 7) is 1.80. The summed E-state index contributed by atoms with van der Waals surface area (Å²) in [6, 6.07) is 26.6. The van der Waals surface area contributed by atoms with Crippen LogP contribution in [0.4, 0.5) is 0 Å². The van der Waals surface area contributed by atoms with Crippen LogP contribution in [0.3, 0.4) is 0 Å². The van der Waals surface area contributed by atoms with Crippen LogP contribution in [0.2, 0.25) is 0 Å². The number of ether oxygens (including phenoxy) is 1. The van der Waals surface area contributed by atoms with E-state index in [-0.39, 0.29) is 12.1 Å². The third-order valence-electron chi connectivity index (χ3n) is 4.59. The molecule has 0 heterocycles. The summed E-state index contributed by atoms with van der Waals surface area (Å²) < 4.78 is 17.4. The van der Waals surface area contributed by atoms with E-state index >= 15 is 0 Å². The number of hydrogen-bond donors (Lipinski definition) is 0. The Bertz CT molecular complexity index is 1210. The Hall–Kier alpha value is -3.72. The van der Waals surface area contributed by atoms with Crippen LogP contribution in [0.1, 0.15) is 6.92 Å². The van der Waals surface area contributed by atoms with Gasteiger partial charge in [0.1, 0.15) is 11.5 Å². The second kappa shape index (κ2) is 9.40. The van der Waals surface area contributed by atoms with Gasteiger partial charge >= 0.3 is 19.8 Å². The average Bonchev–Trinajstić information content (AvgIpc) is 2.80. The summed E-state index contributed by atoms with van der Waals surface area (Å²) in [5, 5.41) is 3.64. The molecule has 0 aliphatic carbocycles. The van der Waals surface area contributed by atoms with Crippen molar-refractivity contribution in [3.63, 3.8) is 0 Å². The van der Waals surface area contributed by atoms with Gasteiger partial charge in [-0.2, -0.15) is 4.79 Å². The summed E-state index contributed by atoms with van der Waals surface area (Å²) in [5.74, 6) is 0.223. The van der Waals surface area contributed by atoms with E-state index in [4.69, 9.17) is 13.8 Å². The minimum absolute atomic E-state index is 0.129. The Labute approximate surface area is 180 Å². The Morgan fingerprint density at radius 2 is 1.29 bits per heavy atom. The lowest BCUT2D eigenvalue weighted by molar-refractivity contribution is -0.139. The fraction of sp³-hybridized carbons (Fsp3) is 0.0833. The first kappa shape index (κ1) is 20.5. The van der Waals surface area contributed by atoms with Crippen molar-refractivity contribution >= 4 is 41.3 Å². The standard InChI is InChI=1S/C24H19N2O4P/c1-2-28-24(27)23(26-25)31(29-21-15-7-11-17-9-3-5-13-19(17)21)30-22-16-8-12-18-10-4-6-14-20(18)22/h3-16H,2H2,1H3. The number of esters is 1. The van der Waals surface area contributed by atoms with E-state index in [0.29, 0.717) is 11.5 Å². The molecule has 6 nitrogen and oxygen atoms in total. The zero-order valence-electron chi connectivity index (χ0n) is 16.8. The van der Waals surface area contributed by atoms with Crippen LogP contribution in [0.25, 0.3) is 27.1 Å². The minimum Gasteiger partial charge on any atom is -0.457 e. The number of nitrogens with zero attached hydrogens (tertiary/aromatic N) is 2. The highest BCUT2D eigenvalue weighted by Gasteiger charge is 2.40. The van der Waals surface area contributed by atoms with Crippen molar-refractivity contribution in [2.45, 2.75) is 6.92 Å². The SMILES string of the molecule is CCOC(=O)C(=[N+]=[N-])P(Oc1cccc2ccccc12)Oc1cccc2ccccc12. The smallest absolute Gasteiger partial charge is 0.457 e. The van der Waals surface area contributed by atoms with E-state index in [2.05, 4.69) is 4.79 Å². The maximum absolute atomic E-state index is 12.5. The van der Waals surface area contributed by atoms with E-state index in [9.17, 15) is 10.3 Å². The highest BCUT2D eigenvalue weighted by atomic mass is 31.2. The lowest BCUT2D eigenvalue weighted by Gasteiger charge is -2.17. The first-order chi connectivity index (χ1) is 15.2. The first-order valence-corrected chi connectivity index (χ1v) is 10.9. The molecule has 0 radical (unpaired) electrons. The summed E-state index contributed by atoms with van der Waals surface area (Å²) in [6.07, 6.45) is 0. The summed E-state index contributed by atoms with van der Waals surface area (Å²) in [5.41, 5.74) is 9.30. The summed E-state index contributed by atoms with van der Waals surface area (Å²) in [4.78, 5) is 15.6. The molecule has 0 aliphatic heterocycles. The number of fused-ring (bicyclic) bond motifs is 2. The van der Waals surface area contributed by atoms with E-state index in [1.807, 2.05) is 72.8 Å². The van der Waals surface area contributed by atoms with Crippen molar-refractivity contribution in [3.05, 3.63) is 90.5 Å². The quantitative estimate of drug-likeness (QED) is 0.119. The van der Waals surface area contributed by atoms with Crippen LogP contribution in [-0.4, -0.2) is 22.8 Å². The lowest BCUT2D eigenvalue weighted by atomic mass is 10.1. The molecule has 0 N–H and O–H groups in total. The van der Waals surface area contributed by atoms with Crippen molar-refractivity contribution in [3.8, 4) is 11.5 Å². The van der Waals surface area contributed by atoms with E-state index < -0.39 is 14.3 Å². The highest BCUT2D eigenvalue weighted by Crippen LogP contribution is 2.45. The van der Waals surface area contributed by atoms with Crippen molar-refractivity contribution in [2.24, 2.45) is 0 Å². The maximum Gasteiger partial charge on any atom is 0.475 e. The van der Waals surface area contributed by atoms with Gasteiger partial charge in [-0.15, -0.1) is 0 Å². The van der Waals surface area contributed by atoms with Gasteiger partial charge in [0.05, 0.1) is 6.61 Å². The van der Waals surface area contributed by atoms with Gasteiger partial charge in [0.25, 0.3) is 0 Å². The number of benzene rings is 4. The van der Waals surface area contributed by atoms with E-state index in [1.54, 1.807) is 19.1 Å². The van der Waals surface area contributed by atoms with Crippen LogP contribution in [0.15, 0.2) is 84.9 Å². The van der Waals surface area contributed by atoms with Crippen molar-refractivity contribution in [2.75, 3.05) is 6.61 Å². The molecule has 0 spiro atoms. The molecule has 0 saturated heterocycles. The van der Waals surface area contributed by atoms with Gasteiger partial charge in [0, 0.05) is 10.8 Å². The zero-order valence-corrected chi connectivity index (χ0v) is 17.7. The van der Waals surface area contributed by atoms with Gasteiger partial charge in [-0.3, -0.25) is 0 Å². The maximum atomic E-state index is 12.5. The van der Waals surface area contributed by atoms with Gasteiger partial charge in [0.15, 0.2) is 0 Å². The molecule has 0 atom stereocenters. The molecule has 4 aromatic rings. The molecule has 31 heavy (non-hydrogen) atoms. The Morgan fingerprint density at radius 1 is 0.806 bits per heavy atom. The van der Waals surface area contributed by atoms with Crippen LogP contribution < -0.4 is 9.05 Å². The molecule has 0 aliphatic rings. The van der Waals surface area contributed by atoms with E-state index in [1.165, 1.54) is 0 Å². The van der Waals surface area contributed by atoms with Crippen molar-refractivity contribution in [1.29, 1.82) is 0 Å². The van der Waals surface area contributed by atoms with Gasteiger partial charge in [-0.05, 0) is 29.8 Å². The molecule has 4 rings (SSSR count). The molecule has 0 aromatic heterocycles. The molecule has 154 valence electrons. The second-order valence-electron chi connectivity index (χ2n) is 6.54. The predicted octanol–water partition coefficient (Wildman–Crippen LogP) is 5.95. The topological polar surface area (TPSA) is 81.2 Å². The largest absolute Gasteiger partial charge is 0.475 e. The van der Waals surface area contributed by atoms with Gasteiger partial charge in [-0.1, -0.05) is 72.8 Å². The number of rotatable bonds is 7. The van der Waals surface area contributed by atoms with Crippen LogP contribution >= 0.6 is 8.38 Å². The number of carbonyl (C=O) groups is 1. The molecular formula is C24H19N2O4P. The number of carbonyl (C=O) groups excluding carboxylic acids is 1. The van der Waals surface area contributed by atoms with Crippen LogP contribution in [-0.2, 0) is 9.53 Å². The monoisotopic (exact) mass is 430 g/mol.